The molecule has 2 nitrogen and oxygen atoms in total. The van der Waals surface area contributed by atoms with Crippen LogP contribution in [0.5, 0.6) is 0 Å². The smallest absolute Gasteiger partial charge is 0.0495 e. The molecule has 0 amide bonds. The Balaban J connectivity index is 2.18. The van der Waals surface area contributed by atoms with Crippen molar-refractivity contribution in [3.05, 3.63) is 35.0 Å². The number of benzene rings is 1. The standard InChI is InChI=1S/C14H17ClN2/c1-17-9-12(14(4-5-14)6-7-16)11-3-2-10(15)8-13(11)17/h2-3,8-9H,4-7,16H2,1H3. The maximum absolute atomic E-state index is 6.06. The first-order valence-electron chi connectivity index (χ1n) is 6.11. The van der Waals surface area contributed by atoms with E-state index in [2.05, 4.69) is 23.9 Å². The zero-order chi connectivity index (χ0) is 12.0. The van der Waals surface area contributed by atoms with Crippen LogP contribution in [0.3, 0.4) is 0 Å². The fourth-order valence-electron chi connectivity index (χ4n) is 2.86. The molecule has 1 aliphatic carbocycles. The summed E-state index contributed by atoms with van der Waals surface area (Å²) in [5, 5.41) is 2.14. The van der Waals surface area contributed by atoms with Gasteiger partial charge in [0, 0.05) is 29.2 Å². The SMILES string of the molecule is Cn1cc(C2(CCN)CC2)c2ccc(Cl)cc21. The van der Waals surface area contributed by atoms with E-state index in [4.69, 9.17) is 17.3 Å². The first-order valence-corrected chi connectivity index (χ1v) is 6.49. The highest BCUT2D eigenvalue weighted by molar-refractivity contribution is 6.31. The number of halogens is 1. The van der Waals surface area contributed by atoms with E-state index < -0.39 is 0 Å². The Kier molecular flexibility index (Phi) is 2.46. The van der Waals surface area contributed by atoms with Gasteiger partial charge < -0.3 is 10.3 Å². The molecule has 0 bridgehead atoms. The van der Waals surface area contributed by atoms with Crippen LogP contribution in [0, 0.1) is 0 Å². The third-order valence-electron chi connectivity index (χ3n) is 4.00. The lowest BCUT2D eigenvalue weighted by molar-refractivity contribution is 0.631. The van der Waals surface area contributed by atoms with E-state index in [0.717, 1.165) is 18.0 Å². The zero-order valence-corrected chi connectivity index (χ0v) is 10.8. The lowest BCUT2D eigenvalue weighted by Crippen LogP contribution is -2.13. The average molecular weight is 249 g/mol. The van der Waals surface area contributed by atoms with Gasteiger partial charge in [0.2, 0.25) is 0 Å². The van der Waals surface area contributed by atoms with Crippen LogP contribution in [0.25, 0.3) is 10.9 Å². The third-order valence-corrected chi connectivity index (χ3v) is 4.24. The van der Waals surface area contributed by atoms with Crippen molar-refractivity contribution >= 4 is 22.5 Å². The molecule has 1 aromatic heterocycles. The Morgan fingerprint density at radius 3 is 2.82 bits per heavy atom. The van der Waals surface area contributed by atoms with E-state index in [-0.39, 0.29) is 0 Å². The number of nitrogens with two attached hydrogens (primary N) is 1. The number of aryl methyl sites for hydroxylation is 1. The minimum absolute atomic E-state index is 0.349. The summed E-state index contributed by atoms with van der Waals surface area (Å²) in [7, 11) is 2.08. The Bertz CT molecular complexity index is 567. The van der Waals surface area contributed by atoms with Gasteiger partial charge in [-0.05, 0) is 48.9 Å². The zero-order valence-electron chi connectivity index (χ0n) is 10.0. The van der Waals surface area contributed by atoms with Crippen LogP contribution in [-0.2, 0) is 12.5 Å². The van der Waals surface area contributed by atoms with Crippen molar-refractivity contribution in [1.29, 1.82) is 0 Å². The number of nitrogens with zero attached hydrogens (tertiary/aromatic N) is 1. The second kappa shape index (κ2) is 3.76. The minimum atomic E-state index is 0.349. The highest BCUT2D eigenvalue weighted by Gasteiger charge is 2.44. The largest absolute Gasteiger partial charge is 0.350 e. The van der Waals surface area contributed by atoms with E-state index in [0.29, 0.717) is 5.41 Å². The Morgan fingerprint density at radius 2 is 2.18 bits per heavy atom. The molecule has 0 radical (unpaired) electrons. The first-order chi connectivity index (χ1) is 8.16. The van der Waals surface area contributed by atoms with Crippen molar-refractivity contribution in [3.63, 3.8) is 0 Å². The second-order valence-corrected chi connectivity index (χ2v) is 5.57. The maximum atomic E-state index is 6.06. The van der Waals surface area contributed by atoms with Crippen LogP contribution in [0.2, 0.25) is 5.02 Å². The molecule has 3 rings (SSSR count). The molecule has 1 heterocycles. The van der Waals surface area contributed by atoms with E-state index >= 15 is 0 Å². The van der Waals surface area contributed by atoms with Crippen LogP contribution in [-0.4, -0.2) is 11.1 Å². The number of hydrogen-bond donors (Lipinski definition) is 1. The van der Waals surface area contributed by atoms with Gasteiger partial charge in [-0.3, -0.25) is 0 Å². The number of fused-ring (bicyclic) bond motifs is 1. The number of hydrogen-bond acceptors (Lipinski definition) is 1. The summed E-state index contributed by atoms with van der Waals surface area (Å²) in [5.41, 5.74) is 8.76. The van der Waals surface area contributed by atoms with Crippen LogP contribution in [0.15, 0.2) is 24.4 Å². The maximum Gasteiger partial charge on any atom is 0.0495 e. The van der Waals surface area contributed by atoms with Gasteiger partial charge in [0.1, 0.15) is 0 Å². The molecule has 1 saturated carbocycles. The summed E-state index contributed by atoms with van der Waals surface area (Å²) < 4.78 is 2.17. The van der Waals surface area contributed by atoms with Crippen LogP contribution < -0.4 is 5.73 Å². The van der Waals surface area contributed by atoms with Crippen molar-refractivity contribution < 1.29 is 0 Å². The van der Waals surface area contributed by atoms with Gasteiger partial charge in [0.25, 0.3) is 0 Å². The molecule has 1 aliphatic rings. The summed E-state index contributed by atoms with van der Waals surface area (Å²) in [5.74, 6) is 0. The summed E-state index contributed by atoms with van der Waals surface area (Å²) in [6.07, 6.45) is 5.89. The Morgan fingerprint density at radius 1 is 1.41 bits per heavy atom. The molecule has 1 fully saturated rings. The fraction of sp³-hybridized carbons (Fsp3) is 0.429. The minimum Gasteiger partial charge on any atom is -0.350 e. The van der Waals surface area contributed by atoms with Gasteiger partial charge in [-0.25, -0.2) is 0 Å². The predicted octanol–water partition coefficient (Wildman–Crippen LogP) is 3.21. The summed E-state index contributed by atoms with van der Waals surface area (Å²) in [6, 6.07) is 6.16. The predicted molar refractivity (Wildman–Crippen MR) is 72.5 cm³/mol. The first kappa shape index (κ1) is 11.1. The Labute approximate surface area is 106 Å². The molecule has 0 spiro atoms. The molecule has 90 valence electrons. The van der Waals surface area contributed by atoms with Crippen LogP contribution in [0.1, 0.15) is 24.8 Å². The number of aromatic nitrogens is 1. The molecule has 1 aromatic carbocycles. The van der Waals surface area contributed by atoms with Crippen molar-refractivity contribution in [2.45, 2.75) is 24.7 Å². The van der Waals surface area contributed by atoms with Gasteiger partial charge >= 0.3 is 0 Å². The summed E-state index contributed by atoms with van der Waals surface area (Å²) in [6.45, 7) is 0.768. The highest BCUT2D eigenvalue weighted by Crippen LogP contribution is 2.53. The molecule has 0 atom stereocenters. The fourth-order valence-corrected chi connectivity index (χ4v) is 3.03. The van der Waals surface area contributed by atoms with Crippen LogP contribution >= 0.6 is 11.6 Å². The Hall–Kier alpha value is -0.990. The topological polar surface area (TPSA) is 30.9 Å². The molecule has 2 aromatic rings. The molecule has 0 saturated heterocycles. The number of rotatable bonds is 3. The highest BCUT2D eigenvalue weighted by atomic mass is 35.5. The van der Waals surface area contributed by atoms with E-state index in [9.17, 15) is 0 Å². The molecule has 17 heavy (non-hydrogen) atoms. The van der Waals surface area contributed by atoms with Crippen molar-refractivity contribution in [2.75, 3.05) is 6.54 Å². The monoisotopic (exact) mass is 248 g/mol. The van der Waals surface area contributed by atoms with Gasteiger partial charge in [0.05, 0.1) is 0 Å². The van der Waals surface area contributed by atoms with E-state index in [1.807, 2.05) is 12.1 Å². The molecule has 2 N–H and O–H groups in total. The van der Waals surface area contributed by atoms with Crippen molar-refractivity contribution in [2.24, 2.45) is 12.8 Å². The second-order valence-electron chi connectivity index (χ2n) is 5.13. The van der Waals surface area contributed by atoms with Gasteiger partial charge in [-0.2, -0.15) is 0 Å². The lowest BCUT2D eigenvalue weighted by Gasteiger charge is -2.12. The van der Waals surface area contributed by atoms with Gasteiger partial charge in [0.15, 0.2) is 0 Å². The van der Waals surface area contributed by atoms with Crippen molar-refractivity contribution in [1.82, 2.24) is 4.57 Å². The third kappa shape index (κ3) is 1.67. The summed E-state index contributed by atoms with van der Waals surface area (Å²) >= 11 is 6.06. The average Bonchev–Trinajstić information content (AvgIpc) is 3.00. The van der Waals surface area contributed by atoms with Gasteiger partial charge in [-0.1, -0.05) is 17.7 Å². The molecular formula is C14H17ClN2. The molecule has 0 aliphatic heterocycles. The van der Waals surface area contributed by atoms with Gasteiger partial charge in [-0.15, -0.1) is 0 Å². The van der Waals surface area contributed by atoms with Crippen LogP contribution in [0.4, 0.5) is 0 Å². The lowest BCUT2D eigenvalue weighted by atomic mass is 9.92. The molecular weight excluding hydrogens is 232 g/mol. The molecule has 0 unspecified atom stereocenters. The van der Waals surface area contributed by atoms with E-state index in [1.54, 1.807) is 0 Å². The van der Waals surface area contributed by atoms with E-state index in [1.165, 1.54) is 29.3 Å². The van der Waals surface area contributed by atoms with Crippen molar-refractivity contribution in [3.8, 4) is 0 Å². The molecule has 3 heteroatoms. The summed E-state index contributed by atoms with van der Waals surface area (Å²) in [4.78, 5) is 0. The normalized spacial score (nSPS) is 17.6. The quantitative estimate of drug-likeness (QED) is 0.889.